The highest BCUT2D eigenvalue weighted by molar-refractivity contribution is 6.30. The zero-order valence-corrected chi connectivity index (χ0v) is 15.0. The Labute approximate surface area is 152 Å². The Bertz CT molecular complexity index is 732. The van der Waals surface area contributed by atoms with Gasteiger partial charge in [-0.05, 0) is 35.4 Å². The van der Waals surface area contributed by atoms with Crippen molar-refractivity contribution < 1.29 is 14.3 Å². The van der Waals surface area contributed by atoms with E-state index in [9.17, 15) is 9.59 Å². The number of rotatable bonds is 7. The van der Waals surface area contributed by atoms with E-state index in [1.807, 2.05) is 24.3 Å². The van der Waals surface area contributed by atoms with E-state index < -0.39 is 6.04 Å². The molecule has 0 bridgehead atoms. The summed E-state index contributed by atoms with van der Waals surface area (Å²) in [4.78, 5) is 23.7. The van der Waals surface area contributed by atoms with Crippen molar-refractivity contribution >= 4 is 23.4 Å². The fraction of sp³-hybridized carbons (Fsp3) is 0.263. The van der Waals surface area contributed by atoms with Crippen LogP contribution in [0.3, 0.4) is 0 Å². The van der Waals surface area contributed by atoms with Gasteiger partial charge in [0.05, 0.1) is 19.6 Å². The molecular weight excluding hydrogens is 340 g/mol. The normalized spacial score (nSPS) is 11.5. The molecule has 0 heterocycles. The van der Waals surface area contributed by atoms with Crippen LogP contribution in [-0.2, 0) is 16.1 Å². The number of benzene rings is 2. The van der Waals surface area contributed by atoms with Crippen molar-refractivity contribution in [1.82, 2.24) is 10.6 Å². The fourth-order valence-electron chi connectivity index (χ4n) is 2.44. The Kier molecular flexibility index (Phi) is 6.83. The number of hydrogen-bond donors (Lipinski definition) is 2. The molecule has 0 fully saturated rings. The summed E-state index contributed by atoms with van der Waals surface area (Å²) in [6, 6.07) is 14.2. The summed E-state index contributed by atoms with van der Waals surface area (Å²) in [5.41, 5.74) is 1.76. The van der Waals surface area contributed by atoms with Gasteiger partial charge in [-0.3, -0.25) is 9.59 Å². The molecule has 6 heteroatoms. The van der Waals surface area contributed by atoms with Crippen LogP contribution in [0.4, 0.5) is 0 Å². The number of nitrogens with one attached hydrogen (secondary N) is 2. The number of ether oxygens (including phenoxy) is 1. The number of amides is 2. The van der Waals surface area contributed by atoms with Gasteiger partial charge in [0.1, 0.15) is 5.75 Å². The van der Waals surface area contributed by atoms with Crippen LogP contribution in [0.25, 0.3) is 0 Å². The van der Waals surface area contributed by atoms with Crippen molar-refractivity contribution in [1.29, 1.82) is 0 Å². The molecule has 0 aliphatic heterocycles. The summed E-state index contributed by atoms with van der Waals surface area (Å²) in [6.45, 7) is 1.81. The lowest BCUT2D eigenvalue weighted by Gasteiger charge is -2.18. The summed E-state index contributed by atoms with van der Waals surface area (Å²) in [5.74, 6) is 0.369. The monoisotopic (exact) mass is 360 g/mol. The Morgan fingerprint density at radius 1 is 1.16 bits per heavy atom. The quantitative estimate of drug-likeness (QED) is 0.796. The van der Waals surface area contributed by atoms with Crippen LogP contribution < -0.4 is 15.4 Å². The first-order valence-electron chi connectivity index (χ1n) is 7.90. The minimum Gasteiger partial charge on any atom is -0.497 e. The van der Waals surface area contributed by atoms with E-state index in [-0.39, 0.29) is 18.2 Å². The molecule has 0 spiro atoms. The van der Waals surface area contributed by atoms with Crippen LogP contribution in [0.15, 0.2) is 48.5 Å². The highest BCUT2D eigenvalue weighted by atomic mass is 35.5. The van der Waals surface area contributed by atoms with E-state index in [4.69, 9.17) is 16.3 Å². The third kappa shape index (κ3) is 6.12. The third-order valence-corrected chi connectivity index (χ3v) is 3.90. The van der Waals surface area contributed by atoms with Gasteiger partial charge < -0.3 is 15.4 Å². The van der Waals surface area contributed by atoms with E-state index in [1.54, 1.807) is 31.4 Å². The minimum atomic E-state index is -0.400. The number of hydrogen-bond acceptors (Lipinski definition) is 3. The Morgan fingerprint density at radius 2 is 1.88 bits per heavy atom. The average molecular weight is 361 g/mol. The molecule has 2 aromatic carbocycles. The molecule has 1 atom stereocenters. The molecule has 25 heavy (non-hydrogen) atoms. The van der Waals surface area contributed by atoms with Crippen LogP contribution in [0.5, 0.6) is 5.75 Å². The highest BCUT2D eigenvalue weighted by Gasteiger charge is 2.17. The Balaban J connectivity index is 2.00. The highest BCUT2D eigenvalue weighted by Crippen LogP contribution is 2.20. The lowest BCUT2D eigenvalue weighted by atomic mass is 10.0. The molecule has 5 nitrogen and oxygen atoms in total. The molecule has 0 aromatic heterocycles. The summed E-state index contributed by atoms with van der Waals surface area (Å²) < 4.78 is 5.13. The molecule has 0 aliphatic rings. The molecule has 0 unspecified atom stereocenters. The van der Waals surface area contributed by atoms with Crippen molar-refractivity contribution in [2.24, 2.45) is 0 Å². The SMILES string of the molecule is COc1ccc([C@@H](CC(=O)NCc2cccc(Cl)c2)NC(C)=O)cc1. The number of halogens is 1. The van der Waals surface area contributed by atoms with Crippen molar-refractivity contribution in [3.8, 4) is 5.75 Å². The lowest BCUT2D eigenvalue weighted by Crippen LogP contribution is -2.32. The number of carbonyl (C=O) groups excluding carboxylic acids is 2. The molecule has 0 saturated heterocycles. The van der Waals surface area contributed by atoms with Gasteiger partial charge in [-0.1, -0.05) is 35.9 Å². The summed E-state index contributed by atoms with van der Waals surface area (Å²) in [7, 11) is 1.59. The molecule has 0 aliphatic carbocycles. The number of carbonyl (C=O) groups is 2. The largest absolute Gasteiger partial charge is 0.497 e. The van der Waals surface area contributed by atoms with E-state index >= 15 is 0 Å². The van der Waals surface area contributed by atoms with Gasteiger partial charge in [-0.15, -0.1) is 0 Å². The van der Waals surface area contributed by atoms with Gasteiger partial charge in [0.25, 0.3) is 0 Å². The van der Waals surface area contributed by atoms with Gasteiger partial charge in [-0.2, -0.15) is 0 Å². The second kappa shape index (κ2) is 9.08. The average Bonchev–Trinajstić information content (AvgIpc) is 2.59. The third-order valence-electron chi connectivity index (χ3n) is 3.66. The van der Waals surface area contributed by atoms with Crippen LogP contribution in [0, 0.1) is 0 Å². The molecule has 0 radical (unpaired) electrons. The topological polar surface area (TPSA) is 67.4 Å². The van der Waals surface area contributed by atoms with E-state index in [0.717, 1.165) is 16.9 Å². The van der Waals surface area contributed by atoms with Crippen LogP contribution in [-0.4, -0.2) is 18.9 Å². The second-order valence-corrected chi connectivity index (χ2v) is 6.07. The van der Waals surface area contributed by atoms with Crippen molar-refractivity contribution in [2.75, 3.05) is 7.11 Å². The van der Waals surface area contributed by atoms with Crippen molar-refractivity contribution in [3.63, 3.8) is 0 Å². The molecule has 0 saturated carbocycles. The van der Waals surface area contributed by atoms with Gasteiger partial charge >= 0.3 is 0 Å². The van der Waals surface area contributed by atoms with Gasteiger partial charge in [0.15, 0.2) is 0 Å². The van der Waals surface area contributed by atoms with E-state index in [2.05, 4.69) is 10.6 Å². The molecule has 2 amide bonds. The zero-order valence-electron chi connectivity index (χ0n) is 14.2. The summed E-state index contributed by atoms with van der Waals surface area (Å²) in [6.07, 6.45) is 0.145. The predicted octanol–water partition coefficient (Wildman–Crippen LogP) is 3.23. The predicted molar refractivity (Wildman–Crippen MR) is 97.5 cm³/mol. The maximum absolute atomic E-state index is 12.3. The van der Waals surface area contributed by atoms with Gasteiger partial charge in [0.2, 0.25) is 11.8 Å². The van der Waals surface area contributed by atoms with Crippen LogP contribution in [0.1, 0.15) is 30.5 Å². The smallest absolute Gasteiger partial charge is 0.222 e. The molecule has 2 N–H and O–H groups in total. The summed E-state index contributed by atoms with van der Waals surface area (Å²) in [5, 5.41) is 6.28. The molecule has 132 valence electrons. The first-order chi connectivity index (χ1) is 12.0. The minimum absolute atomic E-state index is 0.145. The van der Waals surface area contributed by atoms with Gasteiger partial charge in [-0.25, -0.2) is 0 Å². The molecular formula is C19H21ClN2O3. The van der Waals surface area contributed by atoms with Crippen molar-refractivity contribution in [3.05, 3.63) is 64.7 Å². The zero-order chi connectivity index (χ0) is 18.2. The van der Waals surface area contributed by atoms with Crippen LogP contribution in [0.2, 0.25) is 5.02 Å². The van der Waals surface area contributed by atoms with E-state index in [1.165, 1.54) is 6.92 Å². The van der Waals surface area contributed by atoms with Crippen LogP contribution >= 0.6 is 11.6 Å². The molecule has 2 aromatic rings. The first-order valence-corrected chi connectivity index (χ1v) is 8.28. The summed E-state index contributed by atoms with van der Waals surface area (Å²) >= 11 is 5.94. The molecule has 2 rings (SSSR count). The maximum atomic E-state index is 12.3. The number of methoxy groups -OCH3 is 1. The first kappa shape index (κ1) is 18.8. The van der Waals surface area contributed by atoms with Crippen molar-refractivity contribution in [2.45, 2.75) is 25.9 Å². The lowest BCUT2D eigenvalue weighted by molar-refractivity contribution is -0.122. The van der Waals surface area contributed by atoms with E-state index in [0.29, 0.717) is 11.6 Å². The maximum Gasteiger partial charge on any atom is 0.222 e. The Morgan fingerprint density at radius 3 is 2.48 bits per heavy atom. The Hall–Kier alpha value is -2.53. The fourth-order valence-corrected chi connectivity index (χ4v) is 2.65. The standard InChI is InChI=1S/C19H21ClN2O3/c1-13(23)22-18(15-6-8-17(25-2)9-7-15)11-19(24)21-12-14-4-3-5-16(20)10-14/h3-10,18H,11-12H2,1-2H3,(H,21,24)(H,22,23)/t18-/m1/s1. The second-order valence-electron chi connectivity index (χ2n) is 5.64. The van der Waals surface area contributed by atoms with Gasteiger partial charge in [0, 0.05) is 18.5 Å².